The Labute approximate surface area is 160 Å². The molecule has 6 nitrogen and oxygen atoms in total. The van der Waals surface area contributed by atoms with Crippen molar-refractivity contribution in [2.24, 2.45) is 0 Å². The van der Waals surface area contributed by atoms with Gasteiger partial charge in [-0.2, -0.15) is 4.31 Å². The molecule has 0 bridgehead atoms. The fourth-order valence-corrected chi connectivity index (χ4v) is 4.79. The van der Waals surface area contributed by atoms with Gasteiger partial charge < -0.3 is 4.74 Å². The van der Waals surface area contributed by atoms with Crippen molar-refractivity contribution in [3.63, 3.8) is 0 Å². The number of rotatable bonds is 4. The summed E-state index contributed by atoms with van der Waals surface area (Å²) < 4.78 is 60.0. The van der Waals surface area contributed by atoms with Crippen LogP contribution in [-0.4, -0.2) is 41.9 Å². The van der Waals surface area contributed by atoms with E-state index in [0.29, 0.717) is 24.2 Å². The number of fused-ring (bicyclic) bond motifs is 1. The lowest BCUT2D eigenvalue weighted by Crippen LogP contribution is -2.42. The van der Waals surface area contributed by atoms with E-state index in [1.54, 1.807) is 0 Å². The van der Waals surface area contributed by atoms with E-state index >= 15 is 0 Å². The first kappa shape index (κ1) is 18.7. The molecule has 0 aliphatic carbocycles. The van der Waals surface area contributed by atoms with Gasteiger partial charge in [-0.1, -0.05) is 18.2 Å². The fraction of sp³-hybridized carbons (Fsp3) is 0.263. The van der Waals surface area contributed by atoms with E-state index in [0.717, 1.165) is 28.0 Å². The summed E-state index contributed by atoms with van der Waals surface area (Å²) in [7, 11) is -4.25. The first-order valence-corrected chi connectivity index (χ1v) is 10.2. The molecular weight excluding hydrogens is 388 g/mol. The second-order valence-corrected chi connectivity index (χ2v) is 8.34. The summed E-state index contributed by atoms with van der Waals surface area (Å²) in [6, 6.07) is 10.4. The number of hydrogen-bond acceptors (Lipinski definition) is 5. The summed E-state index contributed by atoms with van der Waals surface area (Å²) in [5.41, 5.74) is 1.46. The molecule has 2 aromatic carbocycles. The Morgan fingerprint density at radius 2 is 1.61 bits per heavy atom. The smallest absolute Gasteiger partial charge is 0.248 e. The van der Waals surface area contributed by atoms with E-state index < -0.39 is 26.6 Å². The number of para-hydroxylation sites is 2. The molecule has 146 valence electrons. The maximum absolute atomic E-state index is 13.9. The highest BCUT2D eigenvalue weighted by Crippen LogP contribution is 2.26. The van der Waals surface area contributed by atoms with Crippen LogP contribution in [0.4, 0.5) is 8.78 Å². The van der Waals surface area contributed by atoms with Crippen molar-refractivity contribution < 1.29 is 21.9 Å². The first-order valence-electron chi connectivity index (χ1n) is 8.78. The van der Waals surface area contributed by atoms with Gasteiger partial charge in [0.2, 0.25) is 15.9 Å². The summed E-state index contributed by atoms with van der Waals surface area (Å²) in [5.74, 6) is -1.82. The van der Waals surface area contributed by atoms with Crippen LogP contribution in [0.5, 0.6) is 5.88 Å². The number of benzene rings is 2. The van der Waals surface area contributed by atoms with Crippen LogP contribution in [0.15, 0.2) is 53.6 Å². The SMILES string of the molecule is O=S(=O)(c1c(F)cccc1F)N1CCC(Oc2cnc3ccccc3n2)CC1. The Hall–Kier alpha value is -2.65. The number of sulfonamides is 1. The van der Waals surface area contributed by atoms with Crippen LogP contribution < -0.4 is 4.74 Å². The molecule has 1 fully saturated rings. The van der Waals surface area contributed by atoms with E-state index in [9.17, 15) is 17.2 Å². The molecule has 0 amide bonds. The van der Waals surface area contributed by atoms with E-state index in [1.165, 1.54) is 6.20 Å². The molecule has 0 spiro atoms. The van der Waals surface area contributed by atoms with Crippen LogP contribution in [0.1, 0.15) is 12.8 Å². The van der Waals surface area contributed by atoms with Crippen LogP contribution in [0, 0.1) is 11.6 Å². The normalized spacial score (nSPS) is 16.4. The van der Waals surface area contributed by atoms with Gasteiger partial charge in [-0.3, -0.25) is 0 Å². The van der Waals surface area contributed by atoms with Crippen molar-refractivity contribution in [3.05, 3.63) is 60.3 Å². The molecule has 0 atom stereocenters. The molecule has 1 aliphatic heterocycles. The van der Waals surface area contributed by atoms with E-state index in [4.69, 9.17) is 4.74 Å². The molecule has 4 rings (SSSR count). The third-order valence-corrected chi connectivity index (χ3v) is 6.58. The van der Waals surface area contributed by atoms with Crippen molar-refractivity contribution in [1.82, 2.24) is 14.3 Å². The Morgan fingerprint density at radius 1 is 0.964 bits per heavy atom. The van der Waals surface area contributed by atoms with Gasteiger partial charge in [0.15, 0.2) is 4.90 Å². The third-order valence-electron chi connectivity index (χ3n) is 4.63. The Bertz CT molecular complexity index is 1100. The quantitative estimate of drug-likeness (QED) is 0.667. The first-order chi connectivity index (χ1) is 13.4. The maximum Gasteiger partial charge on any atom is 0.248 e. The summed E-state index contributed by atoms with van der Waals surface area (Å²) in [5, 5.41) is 0. The minimum Gasteiger partial charge on any atom is -0.473 e. The number of aromatic nitrogens is 2. The van der Waals surface area contributed by atoms with Gasteiger partial charge in [-0.15, -0.1) is 0 Å². The number of hydrogen-bond donors (Lipinski definition) is 0. The van der Waals surface area contributed by atoms with Crippen molar-refractivity contribution in [2.75, 3.05) is 13.1 Å². The molecule has 28 heavy (non-hydrogen) atoms. The summed E-state index contributed by atoms with van der Waals surface area (Å²) in [6.45, 7) is 0.198. The molecule has 2 heterocycles. The van der Waals surface area contributed by atoms with E-state index in [-0.39, 0.29) is 19.2 Å². The van der Waals surface area contributed by atoms with E-state index in [2.05, 4.69) is 9.97 Å². The van der Waals surface area contributed by atoms with Crippen LogP contribution in [-0.2, 0) is 10.0 Å². The molecule has 0 saturated carbocycles. The highest BCUT2D eigenvalue weighted by molar-refractivity contribution is 7.89. The number of piperidine rings is 1. The summed E-state index contributed by atoms with van der Waals surface area (Å²) >= 11 is 0. The standard InChI is InChI=1S/C19H17F2N3O3S/c20-14-4-3-5-15(21)19(14)28(25,26)24-10-8-13(9-11-24)27-18-12-22-16-6-1-2-7-17(16)23-18/h1-7,12-13H,8-11H2. The predicted octanol–water partition coefficient (Wildman–Crippen LogP) is 3.14. The zero-order valence-corrected chi connectivity index (χ0v) is 15.6. The topological polar surface area (TPSA) is 72.4 Å². The average molecular weight is 405 g/mol. The molecule has 0 N–H and O–H groups in total. The molecule has 3 aromatic rings. The van der Waals surface area contributed by atoms with Crippen LogP contribution in [0.2, 0.25) is 0 Å². The highest BCUT2D eigenvalue weighted by atomic mass is 32.2. The van der Waals surface area contributed by atoms with Crippen molar-refractivity contribution >= 4 is 21.1 Å². The van der Waals surface area contributed by atoms with Gasteiger partial charge in [0.25, 0.3) is 0 Å². The second-order valence-electron chi connectivity index (χ2n) is 6.47. The monoisotopic (exact) mass is 405 g/mol. The van der Waals surface area contributed by atoms with Gasteiger partial charge in [0.05, 0.1) is 17.2 Å². The maximum atomic E-state index is 13.9. The van der Waals surface area contributed by atoms with Crippen molar-refractivity contribution in [3.8, 4) is 5.88 Å². The number of halogens is 2. The zero-order chi connectivity index (χ0) is 19.7. The molecule has 1 saturated heterocycles. The highest BCUT2D eigenvalue weighted by Gasteiger charge is 2.34. The van der Waals surface area contributed by atoms with Gasteiger partial charge >= 0.3 is 0 Å². The van der Waals surface area contributed by atoms with Crippen LogP contribution >= 0.6 is 0 Å². The lowest BCUT2D eigenvalue weighted by Gasteiger charge is -2.31. The number of ether oxygens (including phenoxy) is 1. The molecular formula is C19H17F2N3O3S. The average Bonchev–Trinajstić information content (AvgIpc) is 2.68. The number of nitrogens with zero attached hydrogens (tertiary/aromatic N) is 3. The molecule has 0 radical (unpaired) electrons. The van der Waals surface area contributed by atoms with Crippen LogP contribution in [0.25, 0.3) is 11.0 Å². The fourth-order valence-electron chi connectivity index (χ4n) is 3.22. The molecule has 9 heteroatoms. The predicted molar refractivity (Wildman–Crippen MR) is 98.3 cm³/mol. The lowest BCUT2D eigenvalue weighted by molar-refractivity contribution is 0.129. The van der Waals surface area contributed by atoms with Gasteiger partial charge in [0.1, 0.15) is 17.7 Å². The van der Waals surface area contributed by atoms with Gasteiger partial charge in [-0.25, -0.2) is 27.2 Å². The molecule has 0 unspecified atom stereocenters. The minimum absolute atomic E-state index is 0.0990. The lowest BCUT2D eigenvalue weighted by atomic mass is 10.1. The molecule has 1 aliphatic rings. The van der Waals surface area contributed by atoms with Crippen LogP contribution in [0.3, 0.4) is 0 Å². The van der Waals surface area contributed by atoms with Gasteiger partial charge in [-0.05, 0) is 37.1 Å². The zero-order valence-electron chi connectivity index (χ0n) is 14.8. The largest absolute Gasteiger partial charge is 0.473 e. The summed E-state index contributed by atoms with van der Waals surface area (Å²) in [4.78, 5) is 7.77. The molecule has 1 aromatic heterocycles. The third kappa shape index (κ3) is 3.55. The Balaban J connectivity index is 1.45. The van der Waals surface area contributed by atoms with E-state index in [1.807, 2.05) is 24.3 Å². The second kappa shape index (κ2) is 7.40. The van der Waals surface area contributed by atoms with Crippen molar-refractivity contribution in [1.29, 1.82) is 0 Å². The summed E-state index contributed by atoms with van der Waals surface area (Å²) in [6.07, 6.45) is 2.03. The Morgan fingerprint density at radius 3 is 2.29 bits per heavy atom. The minimum atomic E-state index is -4.25. The Kier molecular flexibility index (Phi) is 4.94. The van der Waals surface area contributed by atoms with Gasteiger partial charge in [0, 0.05) is 13.1 Å². The van der Waals surface area contributed by atoms with Crippen molar-refractivity contribution in [2.45, 2.75) is 23.8 Å².